The highest BCUT2D eigenvalue weighted by Gasteiger charge is 2.20. The summed E-state index contributed by atoms with van der Waals surface area (Å²) < 4.78 is 1.55. The van der Waals surface area contributed by atoms with Gasteiger partial charge in [0.05, 0.1) is 5.52 Å². The van der Waals surface area contributed by atoms with Gasteiger partial charge in [-0.3, -0.25) is 14.2 Å². The highest BCUT2D eigenvalue weighted by molar-refractivity contribution is 5.69. The quantitative estimate of drug-likeness (QED) is 0.695. The van der Waals surface area contributed by atoms with Crippen molar-refractivity contribution in [1.82, 2.24) is 19.9 Å². The molecule has 0 atom stereocenters. The third-order valence-electron chi connectivity index (χ3n) is 3.35. The molecular formula is C12H14N4O2. The summed E-state index contributed by atoms with van der Waals surface area (Å²) >= 11 is 0. The molecule has 0 unspecified atom stereocenters. The highest BCUT2D eigenvalue weighted by atomic mass is 16.2. The Morgan fingerprint density at radius 1 is 1.28 bits per heavy atom. The van der Waals surface area contributed by atoms with Gasteiger partial charge in [0.25, 0.3) is 0 Å². The molecule has 3 rings (SSSR count). The highest BCUT2D eigenvalue weighted by Crippen LogP contribution is 2.19. The molecule has 94 valence electrons. The Labute approximate surface area is 103 Å². The van der Waals surface area contributed by atoms with Crippen molar-refractivity contribution in [2.75, 3.05) is 13.1 Å². The van der Waals surface area contributed by atoms with Crippen LogP contribution >= 0.6 is 0 Å². The molecule has 0 spiro atoms. The van der Waals surface area contributed by atoms with E-state index < -0.39 is 11.1 Å². The van der Waals surface area contributed by atoms with Crippen LogP contribution in [-0.4, -0.2) is 27.6 Å². The Hall–Kier alpha value is -1.95. The molecule has 2 N–H and O–H groups in total. The van der Waals surface area contributed by atoms with E-state index in [0.717, 1.165) is 25.9 Å². The molecule has 2 aromatic rings. The monoisotopic (exact) mass is 246 g/mol. The molecule has 6 heteroatoms. The molecule has 0 radical (unpaired) electrons. The number of rotatable bonds is 1. The van der Waals surface area contributed by atoms with Gasteiger partial charge in [-0.25, -0.2) is 4.98 Å². The van der Waals surface area contributed by atoms with Crippen molar-refractivity contribution in [2.45, 2.75) is 18.9 Å². The summed E-state index contributed by atoms with van der Waals surface area (Å²) in [5.41, 5.74) is 0.0942. The van der Waals surface area contributed by atoms with Crippen LogP contribution in [0.2, 0.25) is 0 Å². The number of pyridine rings is 1. The SMILES string of the molecule is O=c1[nH]c2cccnc2n(C2CCNCC2)c1=O. The van der Waals surface area contributed by atoms with Crippen LogP contribution in [0, 0.1) is 0 Å². The Balaban J connectivity index is 2.28. The first-order valence-electron chi connectivity index (χ1n) is 6.07. The van der Waals surface area contributed by atoms with Gasteiger partial charge in [-0.05, 0) is 38.1 Å². The Bertz CT molecular complexity index is 682. The zero-order valence-corrected chi connectivity index (χ0v) is 9.85. The maximum Gasteiger partial charge on any atom is 0.318 e. The van der Waals surface area contributed by atoms with Crippen LogP contribution in [-0.2, 0) is 0 Å². The third-order valence-corrected chi connectivity index (χ3v) is 3.35. The summed E-state index contributed by atoms with van der Waals surface area (Å²) in [6.45, 7) is 1.72. The summed E-state index contributed by atoms with van der Waals surface area (Å²) in [7, 11) is 0. The molecular weight excluding hydrogens is 232 g/mol. The van der Waals surface area contributed by atoms with Gasteiger partial charge in [0.15, 0.2) is 5.65 Å². The second kappa shape index (κ2) is 4.38. The van der Waals surface area contributed by atoms with Crippen molar-refractivity contribution < 1.29 is 0 Å². The second-order valence-electron chi connectivity index (χ2n) is 4.49. The largest absolute Gasteiger partial charge is 0.318 e. The van der Waals surface area contributed by atoms with E-state index in [1.54, 1.807) is 22.9 Å². The predicted molar refractivity (Wildman–Crippen MR) is 67.8 cm³/mol. The van der Waals surface area contributed by atoms with Crippen LogP contribution in [0.3, 0.4) is 0 Å². The minimum absolute atomic E-state index is 0.0541. The molecule has 0 saturated carbocycles. The number of aromatic nitrogens is 3. The Morgan fingerprint density at radius 2 is 2.06 bits per heavy atom. The van der Waals surface area contributed by atoms with Gasteiger partial charge in [0.1, 0.15) is 0 Å². The number of hydrogen-bond acceptors (Lipinski definition) is 4. The Morgan fingerprint density at radius 3 is 2.83 bits per heavy atom. The van der Waals surface area contributed by atoms with Gasteiger partial charge in [0, 0.05) is 12.2 Å². The first-order chi connectivity index (χ1) is 8.77. The van der Waals surface area contributed by atoms with Crippen molar-refractivity contribution in [2.24, 2.45) is 0 Å². The lowest BCUT2D eigenvalue weighted by atomic mass is 10.1. The molecule has 0 bridgehead atoms. The number of nitrogens with zero attached hydrogens (tertiary/aromatic N) is 2. The topological polar surface area (TPSA) is 79.8 Å². The molecule has 0 aliphatic carbocycles. The average molecular weight is 246 g/mol. The fourth-order valence-corrected chi connectivity index (χ4v) is 2.47. The molecule has 0 amide bonds. The molecule has 1 aliphatic rings. The van der Waals surface area contributed by atoms with Crippen molar-refractivity contribution in [3.8, 4) is 0 Å². The standard InChI is InChI=1S/C12H14N4O2/c17-11-12(18)16(8-3-6-13-7-4-8)10-9(15-11)2-1-5-14-10/h1-2,5,8,13H,3-4,6-7H2,(H,15,17). The van der Waals surface area contributed by atoms with E-state index in [1.165, 1.54) is 0 Å². The van der Waals surface area contributed by atoms with Crippen molar-refractivity contribution in [3.63, 3.8) is 0 Å². The molecule has 3 heterocycles. The number of aromatic amines is 1. The number of H-pyrrole nitrogens is 1. The Kier molecular flexibility index (Phi) is 2.71. The minimum Gasteiger partial charge on any atom is -0.317 e. The molecule has 0 aromatic carbocycles. The summed E-state index contributed by atoms with van der Waals surface area (Å²) in [4.78, 5) is 30.5. The van der Waals surface area contributed by atoms with Gasteiger partial charge in [0.2, 0.25) is 0 Å². The zero-order valence-electron chi connectivity index (χ0n) is 9.85. The van der Waals surface area contributed by atoms with E-state index in [9.17, 15) is 9.59 Å². The molecule has 1 saturated heterocycles. The maximum absolute atomic E-state index is 12.0. The zero-order chi connectivity index (χ0) is 12.5. The molecule has 2 aromatic heterocycles. The normalized spacial score (nSPS) is 17.1. The maximum atomic E-state index is 12.0. The summed E-state index contributed by atoms with van der Waals surface area (Å²) in [5, 5.41) is 3.24. The van der Waals surface area contributed by atoms with E-state index in [1.807, 2.05) is 0 Å². The van der Waals surface area contributed by atoms with Crippen LogP contribution < -0.4 is 16.4 Å². The molecule has 18 heavy (non-hydrogen) atoms. The van der Waals surface area contributed by atoms with E-state index in [4.69, 9.17) is 0 Å². The first kappa shape index (κ1) is 11.2. The number of piperidine rings is 1. The molecule has 6 nitrogen and oxygen atoms in total. The predicted octanol–water partition coefficient (Wildman–Crippen LogP) is 0.00930. The fourth-order valence-electron chi connectivity index (χ4n) is 2.47. The lowest BCUT2D eigenvalue weighted by molar-refractivity contribution is 0.366. The van der Waals surface area contributed by atoms with E-state index in [-0.39, 0.29) is 6.04 Å². The smallest absolute Gasteiger partial charge is 0.317 e. The van der Waals surface area contributed by atoms with Gasteiger partial charge in [-0.15, -0.1) is 0 Å². The van der Waals surface area contributed by atoms with Crippen LogP contribution in [0.1, 0.15) is 18.9 Å². The van der Waals surface area contributed by atoms with Crippen LogP contribution in [0.25, 0.3) is 11.2 Å². The lowest BCUT2D eigenvalue weighted by Crippen LogP contribution is -2.41. The number of fused-ring (bicyclic) bond motifs is 1. The molecule has 1 aliphatic heterocycles. The molecule has 1 fully saturated rings. The number of hydrogen-bond donors (Lipinski definition) is 2. The third kappa shape index (κ3) is 1.74. The van der Waals surface area contributed by atoms with Gasteiger partial charge >= 0.3 is 11.1 Å². The first-order valence-corrected chi connectivity index (χ1v) is 6.07. The summed E-state index contributed by atoms with van der Waals surface area (Å²) in [6.07, 6.45) is 3.32. The minimum atomic E-state index is -0.575. The second-order valence-corrected chi connectivity index (χ2v) is 4.49. The van der Waals surface area contributed by atoms with E-state index in [0.29, 0.717) is 11.2 Å². The van der Waals surface area contributed by atoms with Gasteiger partial charge < -0.3 is 10.3 Å². The summed E-state index contributed by atoms with van der Waals surface area (Å²) in [5.74, 6) is 0. The number of nitrogens with one attached hydrogen (secondary N) is 2. The van der Waals surface area contributed by atoms with Gasteiger partial charge in [-0.1, -0.05) is 0 Å². The van der Waals surface area contributed by atoms with E-state index in [2.05, 4.69) is 15.3 Å². The lowest BCUT2D eigenvalue weighted by Gasteiger charge is -2.25. The van der Waals surface area contributed by atoms with Crippen LogP contribution in [0.5, 0.6) is 0 Å². The van der Waals surface area contributed by atoms with Crippen molar-refractivity contribution in [3.05, 3.63) is 39.0 Å². The fraction of sp³-hybridized carbons (Fsp3) is 0.417. The average Bonchev–Trinajstić information content (AvgIpc) is 2.41. The summed E-state index contributed by atoms with van der Waals surface area (Å²) in [6, 6.07) is 3.56. The van der Waals surface area contributed by atoms with Crippen molar-refractivity contribution in [1.29, 1.82) is 0 Å². The van der Waals surface area contributed by atoms with Gasteiger partial charge in [-0.2, -0.15) is 0 Å². The van der Waals surface area contributed by atoms with E-state index >= 15 is 0 Å². The van der Waals surface area contributed by atoms with Crippen LogP contribution in [0.4, 0.5) is 0 Å². The van der Waals surface area contributed by atoms with Crippen LogP contribution in [0.15, 0.2) is 27.9 Å². The van der Waals surface area contributed by atoms with Crippen molar-refractivity contribution >= 4 is 11.2 Å².